The third-order valence-electron chi connectivity index (χ3n) is 4.27. The standard InChI is InChI=1S/C18H21NO/c1-13(11-15-7-4-3-5-8-15)19-14(2)12-16-17(19)9-6-10-18(16)20/h3-5,7-8,12-13H,6,9-11H2,1-2H3. The lowest BCUT2D eigenvalue weighted by molar-refractivity contribution is 0.0971. The maximum absolute atomic E-state index is 12.0. The first-order valence-electron chi connectivity index (χ1n) is 7.44. The van der Waals surface area contributed by atoms with Gasteiger partial charge in [-0.2, -0.15) is 0 Å². The fourth-order valence-electron chi connectivity index (χ4n) is 3.41. The highest BCUT2D eigenvalue weighted by molar-refractivity contribution is 5.98. The zero-order valence-corrected chi connectivity index (χ0v) is 12.2. The van der Waals surface area contributed by atoms with E-state index in [0.717, 1.165) is 24.8 Å². The number of aromatic nitrogens is 1. The van der Waals surface area contributed by atoms with Gasteiger partial charge in [0, 0.05) is 29.4 Å². The molecule has 2 aromatic rings. The number of ketones is 1. The van der Waals surface area contributed by atoms with E-state index in [1.54, 1.807) is 0 Å². The largest absolute Gasteiger partial charge is 0.345 e. The number of carbonyl (C=O) groups is 1. The summed E-state index contributed by atoms with van der Waals surface area (Å²) in [5.74, 6) is 0.319. The van der Waals surface area contributed by atoms with Gasteiger partial charge in [-0.3, -0.25) is 4.79 Å². The molecule has 0 spiro atoms. The predicted octanol–water partition coefficient (Wildman–Crippen LogP) is 4.12. The second-order valence-corrected chi connectivity index (χ2v) is 5.83. The molecular formula is C18H21NO. The van der Waals surface area contributed by atoms with Gasteiger partial charge < -0.3 is 4.57 Å². The van der Waals surface area contributed by atoms with Crippen LogP contribution in [-0.2, 0) is 12.8 Å². The van der Waals surface area contributed by atoms with Crippen LogP contribution in [0, 0.1) is 6.92 Å². The highest BCUT2D eigenvalue weighted by Gasteiger charge is 2.24. The van der Waals surface area contributed by atoms with E-state index in [2.05, 4.69) is 54.8 Å². The maximum atomic E-state index is 12.0. The van der Waals surface area contributed by atoms with E-state index in [0.29, 0.717) is 18.2 Å². The summed E-state index contributed by atoms with van der Waals surface area (Å²) < 4.78 is 2.37. The van der Waals surface area contributed by atoms with Crippen LogP contribution in [0.1, 0.15) is 53.1 Å². The van der Waals surface area contributed by atoms with Crippen LogP contribution in [0.25, 0.3) is 0 Å². The van der Waals surface area contributed by atoms with Crippen molar-refractivity contribution >= 4 is 5.78 Å². The van der Waals surface area contributed by atoms with Crippen molar-refractivity contribution < 1.29 is 4.79 Å². The minimum absolute atomic E-state index is 0.319. The van der Waals surface area contributed by atoms with Crippen LogP contribution in [0.3, 0.4) is 0 Å². The topological polar surface area (TPSA) is 22.0 Å². The third-order valence-corrected chi connectivity index (χ3v) is 4.27. The molecule has 0 aliphatic heterocycles. The highest BCUT2D eigenvalue weighted by Crippen LogP contribution is 2.29. The van der Waals surface area contributed by atoms with Gasteiger partial charge in [0.05, 0.1) is 0 Å². The average molecular weight is 267 g/mol. The minimum atomic E-state index is 0.319. The van der Waals surface area contributed by atoms with Crippen LogP contribution in [0.2, 0.25) is 0 Å². The van der Waals surface area contributed by atoms with E-state index in [-0.39, 0.29) is 0 Å². The fraction of sp³-hybridized carbons (Fsp3) is 0.389. The molecule has 0 N–H and O–H groups in total. The summed E-state index contributed by atoms with van der Waals surface area (Å²) in [6.45, 7) is 4.37. The molecule has 1 atom stereocenters. The summed E-state index contributed by atoms with van der Waals surface area (Å²) in [5.41, 5.74) is 4.79. The number of nitrogens with zero attached hydrogens (tertiary/aromatic N) is 1. The first-order valence-corrected chi connectivity index (χ1v) is 7.44. The number of hydrogen-bond donors (Lipinski definition) is 0. The van der Waals surface area contributed by atoms with E-state index in [9.17, 15) is 4.79 Å². The summed E-state index contributed by atoms with van der Waals surface area (Å²) in [6.07, 6.45) is 3.75. The molecule has 2 heteroatoms. The van der Waals surface area contributed by atoms with Crippen molar-refractivity contribution in [3.8, 4) is 0 Å². The van der Waals surface area contributed by atoms with Crippen molar-refractivity contribution in [3.63, 3.8) is 0 Å². The van der Waals surface area contributed by atoms with Gasteiger partial charge in [-0.1, -0.05) is 30.3 Å². The summed E-state index contributed by atoms with van der Waals surface area (Å²) in [7, 11) is 0. The molecule has 3 rings (SSSR count). The van der Waals surface area contributed by atoms with Gasteiger partial charge in [-0.15, -0.1) is 0 Å². The Balaban J connectivity index is 1.92. The normalized spacial score (nSPS) is 16.0. The fourth-order valence-corrected chi connectivity index (χ4v) is 3.41. The zero-order valence-electron chi connectivity index (χ0n) is 12.2. The molecule has 0 bridgehead atoms. The number of carbonyl (C=O) groups excluding carboxylic acids is 1. The lowest BCUT2D eigenvalue weighted by Crippen LogP contribution is -2.17. The molecule has 0 saturated heterocycles. The Morgan fingerprint density at radius 1 is 1.20 bits per heavy atom. The molecule has 1 aliphatic rings. The number of fused-ring (bicyclic) bond motifs is 1. The molecule has 20 heavy (non-hydrogen) atoms. The summed E-state index contributed by atoms with van der Waals surface area (Å²) >= 11 is 0. The zero-order chi connectivity index (χ0) is 14.1. The van der Waals surface area contributed by atoms with E-state index in [1.165, 1.54) is 17.0 Å². The van der Waals surface area contributed by atoms with E-state index in [1.807, 2.05) is 0 Å². The van der Waals surface area contributed by atoms with Crippen LogP contribution in [-0.4, -0.2) is 10.4 Å². The number of hydrogen-bond acceptors (Lipinski definition) is 1. The van der Waals surface area contributed by atoms with Crippen LogP contribution in [0.4, 0.5) is 0 Å². The maximum Gasteiger partial charge on any atom is 0.164 e. The van der Waals surface area contributed by atoms with E-state index in [4.69, 9.17) is 0 Å². The first kappa shape index (κ1) is 13.2. The van der Waals surface area contributed by atoms with Crippen molar-refractivity contribution in [2.24, 2.45) is 0 Å². The van der Waals surface area contributed by atoms with Crippen LogP contribution in [0.5, 0.6) is 0 Å². The number of benzene rings is 1. The molecular weight excluding hydrogens is 246 g/mol. The van der Waals surface area contributed by atoms with E-state index < -0.39 is 0 Å². The number of Topliss-reactive ketones (excluding diaryl/α,β-unsaturated/α-hetero) is 1. The van der Waals surface area contributed by atoms with Crippen molar-refractivity contribution in [1.82, 2.24) is 4.57 Å². The summed E-state index contributed by atoms with van der Waals surface area (Å²) in [6, 6.07) is 13.0. The number of rotatable bonds is 3. The highest BCUT2D eigenvalue weighted by atomic mass is 16.1. The molecule has 0 amide bonds. The SMILES string of the molecule is Cc1cc2c(n1C(C)Cc1ccccc1)CCCC2=O. The van der Waals surface area contributed by atoms with Crippen LogP contribution < -0.4 is 0 Å². The van der Waals surface area contributed by atoms with Gasteiger partial charge >= 0.3 is 0 Å². The Kier molecular flexibility index (Phi) is 3.47. The quantitative estimate of drug-likeness (QED) is 0.820. The Morgan fingerprint density at radius 3 is 2.70 bits per heavy atom. The van der Waals surface area contributed by atoms with Crippen molar-refractivity contribution in [2.45, 2.75) is 45.6 Å². The van der Waals surface area contributed by atoms with Gasteiger partial charge in [0.15, 0.2) is 5.78 Å². The summed E-state index contributed by atoms with van der Waals surface area (Å²) in [5, 5.41) is 0. The molecule has 104 valence electrons. The van der Waals surface area contributed by atoms with Crippen LogP contribution >= 0.6 is 0 Å². The minimum Gasteiger partial charge on any atom is -0.345 e. The number of aryl methyl sites for hydroxylation is 1. The average Bonchev–Trinajstić information content (AvgIpc) is 2.78. The molecule has 1 aliphatic carbocycles. The molecule has 0 fully saturated rings. The molecule has 1 aromatic carbocycles. The Hall–Kier alpha value is -1.83. The molecule has 1 unspecified atom stereocenters. The van der Waals surface area contributed by atoms with Crippen molar-refractivity contribution in [1.29, 1.82) is 0 Å². The Labute approximate surface area is 120 Å². The molecule has 0 radical (unpaired) electrons. The van der Waals surface area contributed by atoms with Crippen molar-refractivity contribution in [3.05, 3.63) is 58.9 Å². The van der Waals surface area contributed by atoms with E-state index >= 15 is 0 Å². The molecule has 1 heterocycles. The second-order valence-electron chi connectivity index (χ2n) is 5.83. The lowest BCUT2D eigenvalue weighted by Gasteiger charge is -2.22. The summed E-state index contributed by atoms with van der Waals surface area (Å²) in [4.78, 5) is 12.0. The Morgan fingerprint density at radius 2 is 1.95 bits per heavy atom. The van der Waals surface area contributed by atoms with Gasteiger partial charge in [-0.05, 0) is 44.7 Å². The van der Waals surface area contributed by atoms with Gasteiger partial charge in [0.25, 0.3) is 0 Å². The monoisotopic (exact) mass is 267 g/mol. The smallest absolute Gasteiger partial charge is 0.164 e. The molecule has 0 saturated carbocycles. The van der Waals surface area contributed by atoms with Crippen molar-refractivity contribution in [2.75, 3.05) is 0 Å². The van der Waals surface area contributed by atoms with Gasteiger partial charge in [-0.25, -0.2) is 0 Å². The second kappa shape index (κ2) is 5.28. The first-order chi connectivity index (χ1) is 9.66. The lowest BCUT2D eigenvalue weighted by atomic mass is 9.96. The van der Waals surface area contributed by atoms with Crippen LogP contribution in [0.15, 0.2) is 36.4 Å². The Bertz CT molecular complexity index is 624. The molecule has 2 nitrogen and oxygen atoms in total. The third kappa shape index (κ3) is 2.31. The predicted molar refractivity (Wildman–Crippen MR) is 81.3 cm³/mol. The molecule has 1 aromatic heterocycles. The van der Waals surface area contributed by atoms with Gasteiger partial charge in [0.2, 0.25) is 0 Å². The van der Waals surface area contributed by atoms with Gasteiger partial charge in [0.1, 0.15) is 0 Å².